The van der Waals surface area contributed by atoms with Crippen LogP contribution in [0.25, 0.3) is 0 Å². The van der Waals surface area contributed by atoms with Gasteiger partial charge in [0.25, 0.3) is 0 Å². The predicted octanol–water partition coefficient (Wildman–Crippen LogP) is -0.681. The Morgan fingerprint density at radius 2 is 1.00 bits per heavy atom. The Morgan fingerprint density at radius 1 is 1.00 bits per heavy atom. The third-order valence-corrected chi connectivity index (χ3v) is 0. The normalized spacial score (nSPS) is 7.88. The van der Waals surface area contributed by atoms with Crippen molar-refractivity contribution in [2.24, 2.45) is 0 Å². The van der Waals surface area contributed by atoms with Crippen molar-refractivity contribution in [1.82, 2.24) is 0 Å². The van der Waals surface area contributed by atoms with Gasteiger partial charge in [0.15, 0.2) is 0 Å². The van der Waals surface area contributed by atoms with Crippen LogP contribution >= 0.6 is 0 Å². The van der Waals surface area contributed by atoms with Crippen LogP contribution in [0.1, 0.15) is 0 Å². The molecule has 8 heavy (non-hydrogen) atoms. The second-order valence-corrected chi connectivity index (χ2v) is 4.85. The van der Waals surface area contributed by atoms with Crippen molar-refractivity contribution in [3.05, 3.63) is 0 Å². The van der Waals surface area contributed by atoms with Crippen LogP contribution < -0.4 is 0 Å². The Bertz CT molecular complexity index is 30.0. The summed E-state index contributed by atoms with van der Waals surface area (Å²) in [5.74, 6) is 0. The van der Waals surface area contributed by atoms with E-state index in [0.717, 1.165) is 0 Å². The smallest absolute Gasteiger partial charge is 0.402 e. The quantitative estimate of drug-likeness (QED) is 0.385. The molecule has 0 bridgehead atoms. The maximum atomic E-state index is 7.17. The lowest BCUT2D eigenvalue weighted by Crippen LogP contribution is -2.07. The van der Waals surface area contributed by atoms with E-state index >= 15 is 0 Å². The Hall–Kier alpha value is 0.162. The Labute approximate surface area is 51.8 Å². The summed E-state index contributed by atoms with van der Waals surface area (Å²) in [6.45, 7) is 6.81. The van der Waals surface area contributed by atoms with Gasteiger partial charge in [-0.1, -0.05) is 19.6 Å². The van der Waals surface area contributed by atoms with Crippen molar-refractivity contribution in [3.63, 3.8) is 0 Å². The first-order chi connectivity index (χ1) is 3.46. The minimum absolute atomic E-state index is 0.120. The molecule has 0 unspecified atom stereocenters. The van der Waals surface area contributed by atoms with Gasteiger partial charge in [0.1, 0.15) is 0 Å². The van der Waals surface area contributed by atoms with Gasteiger partial charge in [-0.05, 0) is 0 Å². The third-order valence-electron chi connectivity index (χ3n) is 0. The summed E-state index contributed by atoms with van der Waals surface area (Å²) in [7, 11) is -2.05. The molecule has 0 fully saturated rings. The van der Waals surface area contributed by atoms with E-state index in [-0.39, 0.29) is 8.80 Å². The van der Waals surface area contributed by atoms with Crippen LogP contribution in [0.5, 0.6) is 0 Å². The van der Waals surface area contributed by atoms with E-state index in [1.807, 2.05) is 0 Å². The standard InChI is InChI=1S/C3H9Si.BH3O3/c1-4(2)3;2-1(3)4/h1-3H3;2-4H. The first-order valence-corrected chi connectivity index (χ1v) is 5.27. The lowest BCUT2D eigenvalue weighted by molar-refractivity contribution is 0.278. The lowest BCUT2D eigenvalue weighted by atomic mass is 10.3. The largest absolute Gasteiger partial charge is 0.631 e. The second-order valence-electron chi connectivity index (χ2n) is 1.85. The molecule has 0 aromatic rings. The van der Waals surface area contributed by atoms with Crippen molar-refractivity contribution in [2.45, 2.75) is 19.6 Å². The average Bonchev–Trinajstić information content (AvgIpc) is 1.25. The summed E-state index contributed by atoms with van der Waals surface area (Å²) in [4.78, 5) is 0. The van der Waals surface area contributed by atoms with Crippen LogP contribution in [0.2, 0.25) is 19.6 Å². The number of hydrogen-bond acceptors (Lipinski definition) is 3. The van der Waals surface area contributed by atoms with Crippen LogP contribution in [-0.4, -0.2) is 31.2 Å². The van der Waals surface area contributed by atoms with Crippen molar-refractivity contribution < 1.29 is 15.1 Å². The summed E-state index contributed by atoms with van der Waals surface area (Å²) < 4.78 is 0. The van der Waals surface area contributed by atoms with Gasteiger partial charge in [-0.3, -0.25) is 0 Å². The zero-order chi connectivity index (χ0) is 7.15. The maximum absolute atomic E-state index is 7.17. The Morgan fingerprint density at radius 3 is 1.00 bits per heavy atom. The van der Waals surface area contributed by atoms with Gasteiger partial charge in [0.2, 0.25) is 0 Å². The second kappa shape index (κ2) is 7.16. The Balaban J connectivity index is 0. The third kappa shape index (κ3) is 6270. The van der Waals surface area contributed by atoms with Crippen molar-refractivity contribution in [2.75, 3.05) is 0 Å². The monoisotopic (exact) mass is 135 g/mol. The molecule has 3 nitrogen and oxygen atoms in total. The van der Waals surface area contributed by atoms with Gasteiger partial charge in [0, 0.05) is 8.80 Å². The van der Waals surface area contributed by atoms with E-state index in [2.05, 4.69) is 19.6 Å². The molecular formula is C3H12BO3Si. The van der Waals surface area contributed by atoms with Gasteiger partial charge >= 0.3 is 7.32 Å². The molecule has 0 amide bonds. The van der Waals surface area contributed by atoms with E-state index < -0.39 is 7.32 Å². The average molecular weight is 135 g/mol. The summed E-state index contributed by atoms with van der Waals surface area (Å²) in [6.07, 6.45) is 0. The van der Waals surface area contributed by atoms with E-state index in [1.54, 1.807) is 0 Å². The van der Waals surface area contributed by atoms with E-state index in [4.69, 9.17) is 15.1 Å². The van der Waals surface area contributed by atoms with Gasteiger partial charge in [0.05, 0.1) is 0 Å². The molecule has 0 saturated heterocycles. The molecule has 0 saturated carbocycles. The molecule has 3 N–H and O–H groups in total. The van der Waals surface area contributed by atoms with Gasteiger partial charge in [-0.2, -0.15) is 0 Å². The fourth-order valence-corrected chi connectivity index (χ4v) is 0. The lowest BCUT2D eigenvalue weighted by Gasteiger charge is -1.75. The first kappa shape index (κ1) is 11.0. The topological polar surface area (TPSA) is 60.7 Å². The summed E-state index contributed by atoms with van der Waals surface area (Å²) in [6, 6.07) is 0. The molecule has 0 spiro atoms. The molecule has 0 aromatic carbocycles. The Kier molecular flexibility index (Phi) is 9.87. The first-order valence-electron chi connectivity index (χ1n) is 2.27. The fourth-order valence-electron chi connectivity index (χ4n) is 0. The van der Waals surface area contributed by atoms with E-state index in [1.165, 1.54) is 0 Å². The fraction of sp³-hybridized carbons (Fsp3) is 1.00. The highest BCUT2D eigenvalue weighted by Gasteiger charge is 1.92. The van der Waals surface area contributed by atoms with Crippen LogP contribution in [0, 0.1) is 0 Å². The summed E-state index contributed by atoms with van der Waals surface area (Å²) in [5.41, 5.74) is 0. The van der Waals surface area contributed by atoms with E-state index in [9.17, 15) is 0 Å². The molecule has 0 atom stereocenters. The molecule has 0 aliphatic rings. The van der Waals surface area contributed by atoms with E-state index in [0.29, 0.717) is 0 Å². The molecule has 0 rings (SSSR count). The van der Waals surface area contributed by atoms with Crippen LogP contribution in [0.3, 0.4) is 0 Å². The summed E-state index contributed by atoms with van der Waals surface area (Å²) >= 11 is 0. The number of rotatable bonds is 0. The maximum Gasteiger partial charge on any atom is 0.631 e. The molecule has 5 heteroatoms. The van der Waals surface area contributed by atoms with Crippen LogP contribution in [-0.2, 0) is 0 Å². The zero-order valence-corrected chi connectivity index (χ0v) is 6.42. The highest BCUT2D eigenvalue weighted by molar-refractivity contribution is 6.54. The molecule has 0 aliphatic heterocycles. The molecule has 49 valence electrons. The zero-order valence-electron chi connectivity index (χ0n) is 5.42. The van der Waals surface area contributed by atoms with Crippen LogP contribution in [0.15, 0.2) is 0 Å². The highest BCUT2D eigenvalue weighted by atomic mass is 28.3. The molecule has 0 heterocycles. The molecular weight excluding hydrogens is 123 g/mol. The number of hydrogen-bond donors (Lipinski definition) is 3. The van der Waals surface area contributed by atoms with Gasteiger partial charge in [-0.25, -0.2) is 0 Å². The molecule has 0 aromatic heterocycles. The van der Waals surface area contributed by atoms with Crippen molar-refractivity contribution in [3.8, 4) is 0 Å². The predicted molar refractivity (Wildman–Crippen MR) is 35.8 cm³/mol. The summed E-state index contributed by atoms with van der Waals surface area (Å²) in [5, 5.41) is 21.5. The molecule has 1 radical (unpaired) electrons. The van der Waals surface area contributed by atoms with Crippen molar-refractivity contribution in [1.29, 1.82) is 0 Å². The highest BCUT2D eigenvalue weighted by Crippen LogP contribution is 1.68. The minimum Gasteiger partial charge on any atom is -0.402 e. The van der Waals surface area contributed by atoms with Gasteiger partial charge in [-0.15, -0.1) is 0 Å². The van der Waals surface area contributed by atoms with Crippen molar-refractivity contribution >= 4 is 16.1 Å². The minimum atomic E-state index is -2.17. The molecule has 0 aliphatic carbocycles. The van der Waals surface area contributed by atoms with Crippen LogP contribution in [0.4, 0.5) is 0 Å². The SMILES string of the molecule is C[Si](C)C.OB(O)O. The van der Waals surface area contributed by atoms with Gasteiger partial charge < -0.3 is 15.1 Å².